The Morgan fingerprint density at radius 1 is 1.12 bits per heavy atom. The van der Waals surface area contributed by atoms with E-state index in [1.54, 1.807) is 20.0 Å². The van der Waals surface area contributed by atoms with Crippen LogP contribution in [0.1, 0.15) is 33.0 Å². The Hall–Kier alpha value is -2.76. The lowest BCUT2D eigenvalue weighted by Gasteiger charge is -2.16. The van der Waals surface area contributed by atoms with Gasteiger partial charge in [-0.2, -0.15) is 0 Å². The van der Waals surface area contributed by atoms with Gasteiger partial charge in [-0.05, 0) is 50.1 Å². The first-order valence-corrected chi connectivity index (χ1v) is 7.93. The largest absolute Gasteiger partial charge is 0.484 e. The van der Waals surface area contributed by atoms with Crippen LogP contribution in [0.2, 0.25) is 0 Å². The van der Waals surface area contributed by atoms with Crippen LogP contribution < -0.4 is 4.74 Å². The number of benzene rings is 1. The van der Waals surface area contributed by atoms with Crippen LogP contribution in [-0.4, -0.2) is 37.5 Å². The van der Waals surface area contributed by atoms with E-state index in [-0.39, 0.29) is 19.1 Å². The molecule has 1 amide bonds. The summed E-state index contributed by atoms with van der Waals surface area (Å²) in [5, 5.41) is 0. The molecular formula is C19H23NO5. The molecular weight excluding hydrogens is 322 g/mol. The first kappa shape index (κ1) is 18.6. The molecule has 0 bridgehead atoms. The van der Waals surface area contributed by atoms with E-state index in [0.29, 0.717) is 22.8 Å². The number of hydrogen-bond acceptors (Lipinski definition) is 5. The maximum absolute atomic E-state index is 12.2. The lowest BCUT2D eigenvalue weighted by atomic mass is 10.1. The zero-order valence-electron chi connectivity index (χ0n) is 15.2. The van der Waals surface area contributed by atoms with Crippen LogP contribution >= 0.6 is 0 Å². The number of furan rings is 1. The third kappa shape index (κ3) is 4.62. The summed E-state index contributed by atoms with van der Waals surface area (Å²) in [5.41, 5.74) is 2.65. The van der Waals surface area contributed by atoms with Crippen LogP contribution in [0, 0.1) is 20.8 Å². The van der Waals surface area contributed by atoms with Gasteiger partial charge in [0.05, 0.1) is 13.7 Å². The van der Waals surface area contributed by atoms with Crippen LogP contribution in [0.25, 0.3) is 0 Å². The molecule has 134 valence electrons. The number of methoxy groups -OCH3 is 1. The van der Waals surface area contributed by atoms with Gasteiger partial charge in [-0.25, -0.2) is 4.79 Å². The number of aryl methyl sites for hydroxylation is 3. The van der Waals surface area contributed by atoms with Gasteiger partial charge in [0.1, 0.15) is 22.8 Å². The van der Waals surface area contributed by atoms with Crippen molar-refractivity contribution in [1.29, 1.82) is 0 Å². The minimum absolute atomic E-state index is 0.0669. The van der Waals surface area contributed by atoms with Crippen LogP contribution in [0.5, 0.6) is 5.75 Å². The van der Waals surface area contributed by atoms with E-state index in [4.69, 9.17) is 9.15 Å². The average Bonchev–Trinajstić information content (AvgIpc) is 2.95. The summed E-state index contributed by atoms with van der Waals surface area (Å²) in [5.74, 6) is 0.993. The van der Waals surface area contributed by atoms with Gasteiger partial charge >= 0.3 is 5.97 Å². The number of ether oxygens (including phenoxy) is 2. The maximum Gasteiger partial charge on any atom is 0.341 e. The van der Waals surface area contributed by atoms with Crippen LogP contribution in [0.15, 0.2) is 28.7 Å². The molecule has 0 radical (unpaired) electrons. The lowest BCUT2D eigenvalue weighted by molar-refractivity contribution is -0.132. The molecule has 2 rings (SSSR count). The first-order valence-electron chi connectivity index (χ1n) is 7.93. The fraction of sp³-hybridized carbons (Fsp3) is 0.368. The maximum atomic E-state index is 12.2. The molecule has 0 unspecified atom stereocenters. The second kappa shape index (κ2) is 7.88. The minimum Gasteiger partial charge on any atom is -0.484 e. The van der Waals surface area contributed by atoms with Crippen LogP contribution in [0.4, 0.5) is 0 Å². The van der Waals surface area contributed by atoms with Crippen molar-refractivity contribution in [2.45, 2.75) is 27.3 Å². The molecule has 25 heavy (non-hydrogen) atoms. The van der Waals surface area contributed by atoms with Gasteiger partial charge < -0.3 is 18.8 Å². The summed E-state index contributed by atoms with van der Waals surface area (Å²) in [4.78, 5) is 25.3. The van der Waals surface area contributed by atoms with E-state index >= 15 is 0 Å². The van der Waals surface area contributed by atoms with E-state index in [0.717, 1.165) is 5.56 Å². The van der Waals surface area contributed by atoms with Gasteiger partial charge in [0.2, 0.25) is 0 Å². The predicted molar refractivity (Wildman–Crippen MR) is 92.7 cm³/mol. The Morgan fingerprint density at radius 2 is 1.84 bits per heavy atom. The summed E-state index contributed by atoms with van der Waals surface area (Å²) in [6, 6.07) is 7.29. The van der Waals surface area contributed by atoms with Gasteiger partial charge in [0.15, 0.2) is 6.61 Å². The van der Waals surface area contributed by atoms with E-state index in [1.807, 2.05) is 32.0 Å². The molecule has 1 aromatic carbocycles. The number of hydrogen-bond donors (Lipinski definition) is 0. The summed E-state index contributed by atoms with van der Waals surface area (Å²) in [7, 11) is 2.97. The Bertz CT molecular complexity index is 778. The highest BCUT2D eigenvalue weighted by Crippen LogP contribution is 2.18. The number of rotatable bonds is 6. The molecule has 0 atom stereocenters. The molecule has 6 heteroatoms. The molecule has 6 nitrogen and oxygen atoms in total. The first-order chi connectivity index (χ1) is 11.8. The summed E-state index contributed by atoms with van der Waals surface area (Å²) in [6.07, 6.45) is 0. The van der Waals surface area contributed by atoms with Gasteiger partial charge in [-0.3, -0.25) is 4.79 Å². The normalized spacial score (nSPS) is 10.4. The van der Waals surface area contributed by atoms with Crippen molar-refractivity contribution in [3.05, 3.63) is 52.5 Å². The van der Waals surface area contributed by atoms with E-state index in [1.165, 1.54) is 17.6 Å². The molecule has 0 spiro atoms. The fourth-order valence-corrected chi connectivity index (χ4v) is 2.32. The summed E-state index contributed by atoms with van der Waals surface area (Å²) in [6.45, 7) is 5.87. The topological polar surface area (TPSA) is 69.0 Å². The Balaban J connectivity index is 1.94. The molecule has 0 N–H and O–H groups in total. The van der Waals surface area contributed by atoms with Crippen molar-refractivity contribution in [3.8, 4) is 5.75 Å². The van der Waals surface area contributed by atoms with Gasteiger partial charge in [0, 0.05) is 7.05 Å². The monoisotopic (exact) mass is 345 g/mol. The molecule has 0 saturated heterocycles. The third-order valence-electron chi connectivity index (χ3n) is 4.03. The Morgan fingerprint density at radius 3 is 2.48 bits per heavy atom. The second-order valence-corrected chi connectivity index (χ2v) is 5.96. The smallest absolute Gasteiger partial charge is 0.341 e. The molecule has 1 heterocycles. The zero-order valence-corrected chi connectivity index (χ0v) is 15.2. The number of esters is 1. The molecule has 0 aliphatic rings. The van der Waals surface area contributed by atoms with Crippen molar-refractivity contribution in [2.75, 3.05) is 20.8 Å². The van der Waals surface area contributed by atoms with E-state index in [2.05, 4.69) is 4.74 Å². The van der Waals surface area contributed by atoms with Gasteiger partial charge in [-0.15, -0.1) is 0 Å². The minimum atomic E-state index is -0.459. The molecule has 0 fully saturated rings. The number of carbonyl (C=O) groups is 2. The number of amides is 1. The van der Waals surface area contributed by atoms with Gasteiger partial charge in [-0.1, -0.05) is 6.07 Å². The van der Waals surface area contributed by atoms with E-state index in [9.17, 15) is 9.59 Å². The van der Waals surface area contributed by atoms with Crippen molar-refractivity contribution in [3.63, 3.8) is 0 Å². The van der Waals surface area contributed by atoms with Crippen LogP contribution in [-0.2, 0) is 16.1 Å². The SMILES string of the molecule is COC(=O)c1cc(CN(C)C(=O)COc2ccc(C)c(C)c2)oc1C. The number of nitrogens with zero attached hydrogens (tertiary/aromatic N) is 1. The summed E-state index contributed by atoms with van der Waals surface area (Å²) >= 11 is 0. The van der Waals surface area contributed by atoms with Gasteiger partial charge in [0.25, 0.3) is 5.91 Å². The standard InChI is InChI=1S/C19H23NO5/c1-12-6-7-15(8-13(12)2)24-11-18(21)20(4)10-16-9-17(14(3)25-16)19(22)23-5/h6-9H,10-11H2,1-5H3. The average molecular weight is 345 g/mol. The lowest BCUT2D eigenvalue weighted by Crippen LogP contribution is -2.30. The molecule has 0 aliphatic carbocycles. The predicted octanol–water partition coefficient (Wildman–Crippen LogP) is 3.03. The number of carbonyl (C=O) groups excluding carboxylic acids is 2. The zero-order chi connectivity index (χ0) is 18.6. The fourth-order valence-electron chi connectivity index (χ4n) is 2.32. The highest BCUT2D eigenvalue weighted by molar-refractivity contribution is 5.90. The Labute approximate surface area is 147 Å². The van der Waals surface area contributed by atoms with Crippen molar-refractivity contribution < 1.29 is 23.5 Å². The molecule has 0 aliphatic heterocycles. The molecule has 2 aromatic rings. The van der Waals surface area contributed by atoms with Crippen molar-refractivity contribution in [2.24, 2.45) is 0 Å². The number of likely N-dealkylation sites (N-methyl/N-ethyl adjacent to an activating group) is 1. The Kier molecular flexibility index (Phi) is 5.85. The molecule has 1 aromatic heterocycles. The second-order valence-electron chi connectivity index (χ2n) is 5.96. The highest BCUT2D eigenvalue weighted by Gasteiger charge is 2.18. The van der Waals surface area contributed by atoms with Crippen molar-refractivity contribution in [1.82, 2.24) is 4.90 Å². The van der Waals surface area contributed by atoms with Crippen molar-refractivity contribution >= 4 is 11.9 Å². The third-order valence-corrected chi connectivity index (χ3v) is 4.03. The molecule has 0 saturated carbocycles. The summed E-state index contributed by atoms with van der Waals surface area (Å²) < 4.78 is 15.8. The van der Waals surface area contributed by atoms with E-state index < -0.39 is 5.97 Å². The highest BCUT2D eigenvalue weighted by atomic mass is 16.5. The van der Waals surface area contributed by atoms with Crippen LogP contribution in [0.3, 0.4) is 0 Å². The quantitative estimate of drug-likeness (QED) is 0.753.